The molecular formula is C26H15NS. The highest BCUT2D eigenvalue weighted by Gasteiger charge is 2.18. The van der Waals surface area contributed by atoms with E-state index in [0.29, 0.717) is 0 Å². The molecule has 28 heavy (non-hydrogen) atoms. The van der Waals surface area contributed by atoms with Crippen LogP contribution in [0.25, 0.3) is 63.5 Å². The second-order valence-electron chi connectivity index (χ2n) is 7.43. The van der Waals surface area contributed by atoms with Gasteiger partial charge >= 0.3 is 0 Å². The number of thiophene rings is 1. The van der Waals surface area contributed by atoms with Crippen LogP contribution in [-0.2, 0) is 0 Å². The Hall–Kier alpha value is -3.36. The molecule has 0 saturated carbocycles. The number of H-pyrrole nitrogens is 1. The predicted molar refractivity (Wildman–Crippen MR) is 124 cm³/mol. The van der Waals surface area contributed by atoms with Crippen LogP contribution in [-0.4, -0.2) is 4.98 Å². The van der Waals surface area contributed by atoms with Gasteiger partial charge in [-0.05, 0) is 16.8 Å². The van der Waals surface area contributed by atoms with Gasteiger partial charge in [0.1, 0.15) is 0 Å². The molecule has 0 aliphatic heterocycles. The molecule has 0 saturated heterocycles. The first-order chi connectivity index (χ1) is 13.9. The topological polar surface area (TPSA) is 15.8 Å². The van der Waals surface area contributed by atoms with E-state index in [0.717, 1.165) is 0 Å². The van der Waals surface area contributed by atoms with E-state index in [1.807, 2.05) is 11.3 Å². The van der Waals surface area contributed by atoms with Crippen molar-refractivity contribution in [1.29, 1.82) is 0 Å². The van der Waals surface area contributed by atoms with Crippen LogP contribution in [0, 0.1) is 0 Å². The van der Waals surface area contributed by atoms with Crippen molar-refractivity contribution in [2.24, 2.45) is 0 Å². The molecule has 0 unspecified atom stereocenters. The fourth-order valence-corrected chi connectivity index (χ4v) is 6.07. The van der Waals surface area contributed by atoms with Gasteiger partial charge in [0.2, 0.25) is 0 Å². The van der Waals surface area contributed by atoms with E-state index in [-0.39, 0.29) is 0 Å². The number of aromatic amines is 1. The van der Waals surface area contributed by atoms with E-state index in [4.69, 9.17) is 0 Å². The summed E-state index contributed by atoms with van der Waals surface area (Å²) in [7, 11) is 0. The third-order valence-corrected chi connectivity index (χ3v) is 7.17. The van der Waals surface area contributed by atoms with Crippen molar-refractivity contribution in [3.63, 3.8) is 0 Å². The van der Waals surface area contributed by atoms with Crippen molar-refractivity contribution >= 4 is 74.9 Å². The number of fused-ring (bicyclic) bond motifs is 12. The van der Waals surface area contributed by atoms with Gasteiger partial charge in [0.25, 0.3) is 0 Å². The van der Waals surface area contributed by atoms with Crippen molar-refractivity contribution in [2.45, 2.75) is 0 Å². The number of aromatic nitrogens is 1. The molecule has 7 rings (SSSR count). The molecule has 0 atom stereocenters. The summed E-state index contributed by atoms with van der Waals surface area (Å²) in [6, 6.07) is 30.8. The summed E-state index contributed by atoms with van der Waals surface area (Å²) < 4.78 is 2.74. The maximum atomic E-state index is 3.81. The zero-order valence-corrected chi connectivity index (χ0v) is 15.8. The third kappa shape index (κ3) is 1.71. The molecule has 1 N–H and O–H groups in total. The lowest BCUT2D eigenvalue weighted by molar-refractivity contribution is 1.58. The summed E-state index contributed by atoms with van der Waals surface area (Å²) in [5, 5.41) is 10.6. The summed E-state index contributed by atoms with van der Waals surface area (Å²) in [6.07, 6.45) is 0. The zero-order valence-electron chi connectivity index (χ0n) is 15.0. The second-order valence-corrected chi connectivity index (χ2v) is 8.48. The summed E-state index contributed by atoms with van der Waals surface area (Å²) in [4.78, 5) is 3.81. The molecule has 5 aromatic carbocycles. The molecular weight excluding hydrogens is 358 g/mol. The molecule has 7 aromatic rings. The van der Waals surface area contributed by atoms with Gasteiger partial charge in [-0.1, -0.05) is 78.9 Å². The van der Waals surface area contributed by atoms with Crippen LogP contribution < -0.4 is 0 Å². The van der Waals surface area contributed by atoms with E-state index < -0.39 is 0 Å². The van der Waals surface area contributed by atoms with Gasteiger partial charge in [-0.15, -0.1) is 11.3 Å². The number of benzene rings is 5. The highest BCUT2D eigenvalue weighted by Crippen LogP contribution is 2.46. The third-order valence-electron chi connectivity index (χ3n) is 5.99. The van der Waals surface area contributed by atoms with Gasteiger partial charge in [-0.25, -0.2) is 0 Å². The quantitative estimate of drug-likeness (QED) is 0.277. The Morgan fingerprint density at radius 1 is 0.500 bits per heavy atom. The van der Waals surface area contributed by atoms with Crippen LogP contribution in [0.5, 0.6) is 0 Å². The van der Waals surface area contributed by atoms with Crippen molar-refractivity contribution in [3.8, 4) is 0 Å². The Kier molecular flexibility index (Phi) is 2.68. The molecule has 0 spiro atoms. The Morgan fingerprint density at radius 2 is 1.21 bits per heavy atom. The molecule has 2 aromatic heterocycles. The van der Waals surface area contributed by atoms with Crippen molar-refractivity contribution in [2.75, 3.05) is 0 Å². The van der Waals surface area contributed by atoms with E-state index in [1.54, 1.807) is 0 Å². The molecule has 0 aliphatic rings. The van der Waals surface area contributed by atoms with E-state index in [9.17, 15) is 0 Å². The molecule has 0 bridgehead atoms. The molecule has 1 nitrogen and oxygen atoms in total. The van der Waals surface area contributed by atoms with Crippen LogP contribution >= 0.6 is 11.3 Å². The van der Waals surface area contributed by atoms with Gasteiger partial charge in [0.05, 0.1) is 11.0 Å². The maximum absolute atomic E-state index is 3.81. The fraction of sp³-hybridized carbons (Fsp3) is 0. The number of rotatable bonds is 0. The second kappa shape index (κ2) is 5.12. The molecule has 2 heterocycles. The summed E-state index contributed by atoms with van der Waals surface area (Å²) in [5.41, 5.74) is 2.49. The van der Waals surface area contributed by atoms with Crippen molar-refractivity contribution in [3.05, 3.63) is 84.9 Å². The predicted octanol–water partition coefficient (Wildman–Crippen LogP) is 8.00. The van der Waals surface area contributed by atoms with Gasteiger partial charge < -0.3 is 4.98 Å². The van der Waals surface area contributed by atoms with E-state index in [1.165, 1.54) is 63.5 Å². The minimum absolute atomic E-state index is 1.24. The Morgan fingerprint density at radius 3 is 2.11 bits per heavy atom. The molecule has 0 aliphatic carbocycles. The van der Waals surface area contributed by atoms with Crippen molar-refractivity contribution in [1.82, 2.24) is 4.98 Å². The Labute approximate surface area is 164 Å². The van der Waals surface area contributed by atoms with E-state index >= 15 is 0 Å². The minimum Gasteiger partial charge on any atom is -0.353 e. The summed E-state index contributed by atoms with van der Waals surface area (Å²) >= 11 is 1.91. The van der Waals surface area contributed by atoms with Gasteiger partial charge in [-0.2, -0.15) is 0 Å². The minimum atomic E-state index is 1.24. The van der Waals surface area contributed by atoms with Crippen LogP contribution in [0.15, 0.2) is 84.9 Å². The Bertz CT molecular complexity index is 1720. The highest BCUT2D eigenvalue weighted by atomic mass is 32.1. The first-order valence-electron chi connectivity index (χ1n) is 9.55. The zero-order chi connectivity index (χ0) is 18.2. The molecule has 0 amide bonds. The lowest BCUT2D eigenvalue weighted by Gasteiger charge is -2.04. The molecule has 0 radical (unpaired) electrons. The van der Waals surface area contributed by atoms with Gasteiger partial charge in [-0.3, -0.25) is 0 Å². The average molecular weight is 373 g/mol. The van der Waals surface area contributed by atoms with Crippen molar-refractivity contribution < 1.29 is 0 Å². The normalized spacial score (nSPS) is 12.3. The fourth-order valence-electron chi connectivity index (χ4n) is 4.78. The monoisotopic (exact) mass is 373 g/mol. The average Bonchev–Trinajstić information content (AvgIpc) is 3.33. The number of hydrogen-bond acceptors (Lipinski definition) is 1. The van der Waals surface area contributed by atoms with Gasteiger partial charge in [0.15, 0.2) is 0 Å². The summed E-state index contributed by atoms with van der Waals surface area (Å²) in [6.45, 7) is 0. The SMILES string of the molecule is c1ccc2c(c1)ccc1c2[nH]c2c3ccccc3c3c4ccccc4sc3c12. The standard InChI is InChI=1S/C26H15NS/c1-2-8-16-15(7-1)13-14-20-23-25(27-24(16)20)18-10-4-3-9-17(18)22-19-11-5-6-12-21(19)28-26(22)23/h1-14,27H. The van der Waals surface area contributed by atoms with Crippen LogP contribution in [0.2, 0.25) is 0 Å². The lowest BCUT2D eigenvalue weighted by Crippen LogP contribution is -1.78. The van der Waals surface area contributed by atoms with Crippen LogP contribution in [0.4, 0.5) is 0 Å². The smallest absolute Gasteiger partial charge is 0.0559 e. The van der Waals surface area contributed by atoms with Crippen LogP contribution in [0.1, 0.15) is 0 Å². The molecule has 2 heteroatoms. The largest absolute Gasteiger partial charge is 0.353 e. The Balaban J connectivity index is 1.88. The highest BCUT2D eigenvalue weighted by molar-refractivity contribution is 7.27. The van der Waals surface area contributed by atoms with Crippen LogP contribution in [0.3, 0.4) is 0 Å². The summed E-state index contributed by atoms with van der Waals surface area (Å²) in [5.74, 6) is 0. The molecule has 0 fully saturated rings. The molecule has 130 valence electrons. The first kappa shape index (κ1) is 14.7. The number of hydrogen-bond donors (Lipinski definition) is 1. The maximum Gasteiger partial charge on any atom is 0.0559 e. The van der Waals surface area contributed by atoms with Gasteiger partial charge in [0, 0.05) is 41.7 Å². The number of nitrogens with one attached hydrogen (secondary N) is 1. The van der Waals surface area contributed by atoms with E-state index in [2.05, 4.69) is 89.9 Å². The lowest BCUT2D eigenvalue weighted by atomic mass is 9.99. The first-order valence-corrected chi connectivity index (χ1v) is 10.4.